The molecular formula is C29H33F2N5O6. The Hall–Kier alpha value is -4.60. The summed E-state index contributed by atoms with van der Waals surface area (Å²) in [5, 5.41) is 11.5. The van der Waals surface area contributed by atoms with E-state index in [9.17, 15) is 18.8 Å². The summed E-state index contributed by atoms with van der Waals surface area (Å²) < 4.78 is 45.7. The van der Waals surface area contributed by atoms with E-state index in [1.807, 2.05) is 6.07 Å². The highest BCUT2D eigenvalue weighted by atomic mass is 19.1. The van der Waals surface area contributed by atoms with Crippen LogP contribution in [0.1, 0.15) is 76.5 Å². The SMILES string of the molecule is CC(C)(C)OC(=O)N(C(=O)OC(C)(C)C)C1=NC(C)(c2cc(NC(=O)c3ccc(C#N)cn3)ccc2F)CC(CF)O1. The maximum Gasteiger partial charge on any atom is 0.428 e. The van der Waals surface area contributed by atoms with Gasteiger partial charge in [0.05, 0.1) is 11.1 Å². The van der Waals surface area contributed by atoms with Crippen LogP contribution in [0.5, 0.6) is 0 Å². The predicted molar refractivity (Wildman–Crippen MR) is 148 cm³/mol. The molecule has 2 aromatic rings. The van der Waals surface area contributed by atoms with Crippen LogP contribution in [-0.2, 0) is 19.7 Å². The molecule has 0 saturated heterocycles. The summed E-state index contributed by atoms with van der Waals surface area (Å²) in [5.41, 5.74) is -3.24. The van der Waals surface area contributed by atoms with Crippen molar-refractivity contribution in [3.8, 4) is 6.07 Å². The molecule has 3 rings (SSSR count). The second kappa shape index (κ2) is 12.1. The molecule has 1 N–H and O–H groups in total. The number of nitriles is 1. The number of amidine groups is 1. The number of pyridine rings is 1. The van der Waals surface area contributed by atoms with Gasteiger partial charge < -0.3 is 19.5 Å². The molecule has 1 aliphatic rings. The van der Waals surface area contributed by atoms with Gasteiger partial charge in [0.15, 0.2) is 0 Å². The molecule has 0 bridgehead atoms. The number of benzene rings is 1. The number of aliphatic imine (C=N–C) groups is 1. The molecule has 2 heterocycles. The lowest BCUT2D eigenvalue weighted by atomic mass is 9.85. The highest BCUT2D eigenvalue weighted by Gasteiger charge is 2.44. The lowest BCUT2D eigenvalue weighted by Crippen LogP contribution is -2.52. The van der Waals surface area contributed by atoms with Gasteiger partial charge in [0.2, 0.25) is 0 Å². The first kappa shape index (κ1) is 31.9. The largest absolute Gasteiger partial charge is 0.458 e. The maximum absolute atomic E-state index is 15.3. The number of rotatable bonds is 4. The van der Waals surface area contributed by atoms with Crippen LogP contribution in [0.15, 0.2) is 41.5 Å². The maximum atomic E-state index is 15.3. The number of carbonyl (C=O) groups excluding carboxylic acids is 3. The van der Waals surface area contributed by atoms with Crippen LogP contribution in [0.2, 0.25) is 0 Å². The smallest absolute Gasteiger partial charge is 0.428 e. The van der Waals surface area contributed by atoms with Gasteiger partial charge in [0.1, 0.15) is 41.6 Å². The minimum absolute atomic E-state index is 0.0142. The van der Waals surface area contributed by atoms with E-state index in [2.05, 4.69) is 15.3 Å². The Morgan fingerprint density at radius 2 is 1.74 bits per heavy atom. The third-order valence-electron chi connectivity index (χ3n) is 5.68. The van der Waals surface area contributed by atoms with E-state index in [0.29, 0.717) is 4.90 Å². The van der Waals surface area contributed by atoms with Crippen molar-refractivity contribution in [1.82, 2.24) is 9.88 Å². The van der Waals surface area contributed by atoms with Gasteiger partial charge in [-0.05, 0) is 78.8 Å². The van der Waals surface area contributed by atoms with E-state index < -0.39 is 59.5 Å². The van der Waals surface area contributed by atoms with Crippen LogP contribution < -0.4 is 5.32 Å². The number of nitrogens with one attached hydrogen (secondary N) is 1. The molecule has 1 aromatic heterocycles. The molecule has 42 heavy (non-hydrogen) atoms. The monoisotopic (exact) mass is 585 g/mol. The number of ether oxygens (including phenoxy) is 3. The van der Waals surface area contributed by atoms with Gasteiger partial charge in [-0.3, -0.25) is 4.79 Å². The normalized spacial score (nSPS) is 18.6. The zero-order valence-corrected chi connectivity index (χ0v) is 24.4. The zero-order valence-electron chi connectivity index (χ0n) is 24.4. The zero-order chi connectivity index (χ0) is 31.5. The van der Waals surface area contributed by atoms with E-state index >= 15 is 4.39 Å². The van der Waals surface area contributed by atoms with Crippen LogP contribution in [0.4, 0.5) is 24.1 Å². The Labute approximate surface area is 242 Å². The molecule has 11 nitrogen and oxygen atoms in total. The summed E-state index contributed by atoms with van der Waals surface area (Å²) in [6.45, 7) is 9.92. The number of hydrogen-bond acceptors (Lipinski definition) is 9. The summed E-state index contributed by atoms with van der Waals surface area (Å²) in [6, 6.07) is 7.78. The summed E-state index contributed by atoms with van der Waals surface area (Å²) in [4.78, 5) is 47.8. The third kappa shape index (κ3) is 7.99. The molecule has 13 heteroatoms. The highest BCUT2D eigenvalue weighted by molar-refractivity contribution is 6.06. The summed E-state index contributed by atoms with van der Waals surface area (Å²) in [5.74, 6) is -1.36. The Bertz CT molecular complexity index is 1400. The number of imide groups is 1. The van der Waals surface area contributed by atoms with Crippen molar-refractivity contribution in [1.29, 1.82) is 5.26 Å². The molecule has 3 amide bonds. The van der Waals surface area contributed by atoms with Crippen molar-refractivity contribution >= 4 is 29.8 Å². The fraction of sp³-hybridized carbons (Fsp3) is 0.448. The van der Waals surface area contributed by atoms with Gasteiger partial charge in [-0.2, -0.15) is 5.26 Å². The first-order valence-electron chi connectivity index (χ1n) is 13.0. The van der Waals surface area contributed by atoms with Crippen molar-refractivity contribution < 1.29 is 37.4 Å². The van der Waals surface area contributed by atoms with Gasteiger partial charge in [-0.1, -0.05) is 0 Å². The number of aromatic nitrogens is 1. The van der Waals surface area contributed by atoms with Crippen molar-refractivity contribution in [3.05, 3.63) is 59.2 Å². The topological polar surface area (TPSA) is 143 Å². The van der Waals surface area contributed by atoms with Crippen molar-refractivity contribution in [2.75, 3.05) is 12.0 Å². The molecule has 0 radical (unpaired) electrons. The number of alkyl halides is 1. The van der Waals surface area contributed by atoms with E-state index in [1.54, 1.807) is 41.5 Å². The lowest BCUT2D eigenvalue weighted by Gasteiger charge is -2.38. The number of anilines is 1. The molecule has 1 aliphatic heterocycles. The van der Waals surface area contributed by atoms with E-state index in [4.69, 9.17) is 19.5 Å². The van der Waals surface area contributed by atoms with Gasteiger partial charge in [0.25, 0.3) is 5.91 Å². The molecule has 0 saturated carbocycles. The fourth-order valence-corrected chi connectivity index (χ4v) is 3.93. The molecule has 0 spiro atoms. The minimum Gasteiger partial charge on any atom is -0.458 e. The Morgan fingerprint density at radius 1 is 1.12 bits per heavy atom. The number of carbonyl (C=O) groups is 3. The molecule has 0 aliphatic carbocycles. The van der Waals surface area contributed by atoms with E-state index in [-0.39, 0.29) is 28.9 Å². The van der Waals surface area contributed by atoms with Crippen LogP contribution in [0.25, 0.3) is 0 Å². The quantitative estimate of drug-likeness (QED) is 0.471. The fourth-order valence-electron chi connectivity index (χ4n) is 3.93. The number of amides is 3. The molecular weight excluding hydrogens is 552 g/mol. The summed E-state index contributed by atoms with van der Waals surface area (Å²) >= 11 is 0. The molecule has 224 valence electrons. The van der Waals surface area contributed by atoms with E-state index in [0.717, 1.165) is 6.07 Å². The molecule has 2 unspecified atom stereocenters. The Kier molecular flexibility index (Phi) is 9.20. The van der Waals surface area contributed by atoms with Crippen molar-refractivity contribution in [2.24, 2.45) is 4.99 Å². The van der Waals surface area contributed by atoms with Crippen molar-refractivity contribution in [2.45, 2.75) is 77.7 Å². The van der Waals surface area contributed by atoms with Crippen LogP contribution in [-0.4, -0.2) is 58.0 Å². The van der Waals surface area contributed by atoms with E-state index in [1.165, 1.54) is 37.4 Å². The molecule has 2 atom stereocenters. The van der Waals surface area contributed by atoms with Gasteiger partial charge in [-0.15, -0.1) is 4.90 Å². The van der Waals surface area contributed by atoms with Gasteiger partial charge in [0, 0.05) is 23.9 Å². The second-order valence-corrected chi connectivity index (χ2v) is 11.8. The van der Waals surface area contributed by atoms with Crippen LogP contribution in [0, 0.1) is 17.1 Å². The second-order valence-electron chi connectivity index (χ2n) is 11.8. The first-order chi connectivity index (χ1) is 19.4. The van der Waals surface area contributed by atoms with Gasteiger partial charge >= 0.3 is 18.2 Å². The molecule has 0 fully saturated rings. The standard InChI is InChI=1S/C29H33F2N5O6/c1-27(2,3)41-25(38)36(26(39)42-28(4,5)6)24-35-29(7,13-19(14-30)40-24)20-12-18(9-10-21(20)31)34-23(37)22-11-8-17(15-32)16-33-22/h8-12,16,19H,13-14H2,1-7H3,(H,34,37). The van der Waals surface area contributed by atoms with Gasteiger partial charge in [-0.25, -0.2) is 28.3 Å². The summed E-state index contributed by atoms with van der Waals surface area (Å²) in [6.07, 6.45) is -2.53. The average molecular weight is 586 g/mol. The number of halogens is 2. The average Bonchev–Trinajstić information content (AvgIpc) is 2.87. The molecule has 1 aromatic carbocycles. The van der Waals surface area contributed by atoms with Crippen LogP contribution in [0.3, 0.4) is 0 Å². The highest BCUT2D eigenvalue weighted by Crippen LogP contribution is 2.38. The van der Waals surface area contributed by atoms with Crippen LogP contribution >= 0.6 is 0 Å². The number of nitrogens with zero attached hydrogens (tertiary/aromatic N) is 4. The van der Waals surface area contributed by atoms with Crippen molar-refractivity contribution in [3.63, 3.8) is 0 Å². The summed E-state index contributed by atoms with van der Waals surface area (Å²) in [7, 11) is 0. The Morgan fingerprint density at radius 3 is 2.24 bits per heavy atom. The predicted octanol–water partition coefficient (Wildman–Crippen LogP) is 5.85. The lowest BCUT2D eigenvalue weighted by molar-refractivity contribution is 0.00227. The Balaban J connectivity index is 2.05. The third-order valence-corrected chi connectivity index (χ3v) is 5.68. The minimum atomic E-state index is -1.57. The number of hydrogen-bond donors (Lipinski definition) is 1. The first-order valence-corrected chi connectivity index (χ1v) is 13.0.